The molecule has 0 aliphatic rings. The van der Waals surface area contributed by atoms with Gasteiger partial charge in [-0.05, 0) is 18.2 Å². The van der Waals surface area contributed by atoms with Crippen LogP contribution in [0, 0.1) is 22.7 Å². The van der Waals surface area contributed by atoms with Gasteiger partial charge in [0.05, 0.1) is 11.3 Å². The largest absolute Gasteiger partial charge is 0.433 e. The number of hydrogen-bond donors (Lipinski definition) is 1. The van der Waals surface area contributed by atoms with Crippen molar-refractivity contribution in [2.24, 2.45) is 5.10 Å². The van der Waals surface area contributed by atoms with Crippen molar-refractivity contribution >= 4 is 11.4 Å². The van der Waals surface area contributed by atoms with Crippen LogP contribution in [0.1, 0.15) is 5.56 Å². The summed E-state index contributed by atoms with van der Waals surface area (Å²) in [7, 11) is 0. The molecule has 0 heterocycles. The quantitative estimate of drug-likeness (QED) is 0.526. The molecule has 1 aromatic rings. The molecule has 1 aromatic carbocycles. The van der Waals surface area contributed by atoms with Crippen molar-refractivity contribution in [2.75, 3.05) is 5.43 Å². The maximum Gasteiger partial charge on any atom is 0.416 e. The van der Waals surface area contributed by atoms with E-state index in [4.69, 9.17) is 10.5 Å². The first-order chi connectivity index (χ1) is 9.77. The fourth-order valence-electron chi connectivity index (χ4n) is 1.18. The molecule has 0 saturated carbocycles. The van der Waals surface area contributed by atoms with Crippen LogP contribution in [0.25, 0.3) is 0 Å². The number of halogens is 5. The van der Waals surface area contributed by atoms with Crippen molar-refractivity contribution in [2.45, 2.75) is 12.8 Å². The molecular formula is C11H5F5N4O. The van der Waals surface area contributed by atoms with E-state index in [1.165, 1.54) is 12.1 Å². The lowest BCUT2D eigenvalue weighted by atomic mass is 10.2. The van der Waals surface area contributed by atoms with Crippen LogP contribution in [0.5, 0.6) is 5.75 Å². The van der Waals surface area contributed by atoms with Crippen LogP contribution in [0.2, 0.25) is 0 Å². The normalized spacial score (nSPS) is 10.5. The SMILES string of the molecule is N#CC(C#N)=NNc1cc(C(F)(F)F)ccc1OC(F)F. The summed E-state index contributed by atoms with van der Waals surface area (Å²) >= 11 is 0. The number of nitrogens with one attached hydrogen (secondary N) is 1. The van der Waals surface area contributed by atoms with E-state index >= 15 is 0 Å². The van der Waals surface area contributed by atoms with Gasteiger partial charge in [0.1, 0.15) is 12.1 Å². The Bertz CT molecular complexity index is 611. The number of nitriles is 2. The van der Waals surface area contributed by atoms with E-state index in [0.29, 0.717) is 18.2 Å². The van der Waals surface area contributed by atoms with Gasteiger partial charge in [-0.25, -0.2) is 0 Å². The highest BCUT2D eigenvalue weighted by Crippen LogP contribution is 2.35. The van der Waals surface area contributed by atoms with Gasteiger partial charge in [-0.15, -0.1) is 0 Å². The summed E-state index contributed by atoms with van der Waals surface area (Å²) in [6.45, 7) is -3.27. The summed E-state index contributed by atoms with van der Waals surface area (Å²) in [5.74, 6) is -0.614. The first-order valence-electron chi connectivity index (χ1n) is 5.08. The minimum Gasteiger partial charge on any atom is -0.433 e. The first-order valence-corrected chi connectivity index (χ1v) is 5.08. The Hall–Kier alpha value is -2.88. The van der Waals surface area contributed by atoms with Crippen molar-refractivity contribution in [3.05, 3.63) is 23.8 Å². The van der Waals surface area contributed by atoms with Crippen LogP contribution < -0.4 is 10.2 Å². The topological polar surface area (TPSA) is 81.2 Å². The van der Waals surface area contributed by atoms with Crippen molar-refractivity contribution in [1.29, 1.82) is 10.5 Å². The third kappa shape index (κ3) is 4.62. The van der Waals surface area contributed by atoms with Gasteiger partial charge in [0.2, 0.25) is 5.71 Å². The van der Waals surface area contributed by atoms with Gasteiger partial charge in [-0.1, -0.05) is 0 Å². The molecule has 0 aromatic heterocycles. The zero-order valence-electron chi connectivity index (χ0n) is 9.95. The van der Waals surface area contributed by atoms with Crippen molar-refractivity contribution in [3.63, 3.8) is 0 Å². The number of alkyl halides is 5. The fourth-order valence-corrected chi connectivity index (χ4v) is 1.18. The first kappa shape index (κ1) is 16.2. The van der Waals surface area contributed by atoms with Gasteiger partial charge in [-0.2, -0.15) is 37.6 Å². The number of hydrazone groups is 1. The summed E-state index contributed by atoms with van der Waals surface area (Å²) in [6, 6.07) is 4.37. The molecule has 0 spiro atoms. The van der Waals surface area contributed by atoms with Crippen LogP contribution in [0.15, 0.2) is 23.3 Å². The predicted molar refractivity (Wildman–Crippen MR) is 60.4 cm³/mol. The molecule has 5 nitrogen and oxygen atoms in total. The Morgan fingerprint density at radius 3 is 2.33 bits per heavy atom. The molecule has 0 amide bonds. The number of ether oxygens (including phenoxy) is 1. The summed E-state index contributed by atoms with van der Waals surface area (Å²) in [5.41, 5.74) is -0.484. The van der Waals surface area contributed by atoms with Gasteiger partial charge < -0.3 is 4.74 Å². The lowest BCUT2D eigenvalue weighted by Gasteiger charge is -2.13. The molecule has 0 fully saturated rings. The Balaban J connectivity index is 3.21. The zero-order valence-corrected chi connectivity index (χ0v) is 9.95. The standard InChI is InChI=1S/C11H5F5N4O/c12-10(13)21-9-2-1-6(11(14,15)16)3-8(9)20-19-7(4-17)5-18/h1-3,10,20H. The van der Waals surface area contributed by atoms with Crippen LogP contribution in [-0.4, -0.2) is 12.3 Å². The molecule has 0 saturated heterocycles. The summed E-state index contributed by atoms with van der Waals surface area (Å²) in [4.78, 5) is 0. The Morgan fingerprint density at radius 2 is 1.86 bits per heavy atom. The van der Waals surface area contributed by atoms with Crippen LogP contribution in [-0.2, 0) is 6.18 Å². The monoisotopic (exact) mass is 304 g/mol. The highest BCUT2D eigenvalue weighted by atomic mass is 19.4. The number of rotatable bonds is 4. The molecule has 110 valence electrons. The summed E-state index contributed by atoms with van der Waals surface area (Å²) in [5, 5.41) is 20.0. The Kier molecular flexibility index (Phi) is 5.02. The molecule has 0 radical (unpaired) electrons. The molecule has 0 atom stereocenters. The van der Waals surface area contributed by atoms with Crippen LogP contribution >= 0.6 is 0 Å². The highest BCUT2D eigenvalue weighted by Gasteiger charge is 2.31. The van der Waals surface area contributed by atoms with Gasteiger partial charge in [0.15, 0.2) is 5.75 Å². The average Bonchev–Trinajstić information content (AvgIpc) is 2.39. The lowest BCUT2D eigenvalue weighted by molar-refractivity contribution is -0.137. The Labute approximate surface area is 114 Å². The van der Waals surface area contributed by atoms with E-state index in [1.54, 1.807) is 0 Å². The molecule has 0 aliphatic carbocycles. The molecule has 0 aliphatic heterocycles. The zero-order chi connectivity index (χ0) is 16.0. The van der Waals surface area contributed by atoms with Gasteiger partial charge in [0, 0.05) is 0 Å². The van der Waals surface area contributed by atoms with Crippen molar-refractivity contribution in [1.82, 2.24) is 0 Å². The van der Waals surface area contributed by atoms with Gasteiger partial charge in [0.25, 0.3) is 0 Å². The van der Waals surface area contributed by atoms with E-state index in [1.807, 2.05) is 5.43 Å². The van der Waals surface area contributed by atoms with E-state index in [0.717, 1.165) is 0 Å². The number of hydrogen-bond acceptors (Lipinski definition) is 5. The average molecular weight is 304 g/mol. The predicted octanol–water partition coefficient (Wildman–Crippen LogP) is 3.12. The molecule has 1 rings (SSSR count). The molecule has 0 unspecified atom stereocenters. The van der Waals surface area contributed by atoms with Crippen molar-refractivity contribution < 1.29 is 26.7 Å². The molecular weight excluding hydrogens is 299 g/mol. The van der Waals surface area contributed by atoms with E-state index in [2.05, 4.69) is 9.84 Å². The number of anilines is 1. The van der Waals surface area contributed by atoms with Gasteiger partial charge >= 0.3 is 12.8 Å². The second-order valence-corrected chi connectivity index (χ2v) is 3.38. The van der Waals surface area contributed by atoms with E-state index < -0.39 is 35.5 Å². The van der Waals surface area contributed by atoms with E-state index in [-0.39, 0.29) is 0 Å². The Morgan fingerprint density at radius 1 is 1.24 bits per heavy atom. The van der Waals surface area contributed by atoms with Crippen molar-refractivity contribution in [3.8, 4) is 17.9 Å². The second-order valence-electron chi connectivity index (χ2n) is 3.38. The van der Waals surface area contributed by atoms with E-state index in [9.17, 15) is 22.0 Å². The maximum atomic E-state index is 12.5. The molecule has 10 heteroatoms. The number of nitrogens with zero attached hydrogens (tertiary/aromatic N) is 3. The summed E-state index contributed by atoms with van der Waals surface area (Å²) in [6.07, 6.45) is -4.71. The minimum atomic E-state index is -4.71. The molecule has 1 N–H and O–H groups in total. The summed E-state index contributed by atoms with van der Waals surface area (Å²) < 4.78 is 65.9. The molecule has 21 heavy (non-hydrogen) atoms. The highest BCUT2D eigenvalue weighted by molar-refractivity contribution is 6.10. The van der Waals surface area contributed by atoms with Crippen LogP contribution in [0.3, 0.4) is 0 Å². The lowest BCUT2D eigenvalue weighted by Crippen LogP contribution is -2.09. The van der Waals surface area contributed by atoms with Gasteiger partial charge in [-0.3, -0.25) is 5.43 Å². The maximum absolute atomic E-state index is 12.5. The third-order valence-corrected chi connectivity index (χ3v) is 2.02. The van der Waals surface area contributed by atoms with Crippen LogP contribution in [0.4, 0.5) is 27.6 Å². The second kappa shape index (κ2) is 6.52. The third-order valence-electron chi connectivity index (χ3n) is 2.02. The minimum absolute atomic E-state index is 0.466. The molecule has 0 bridgehead atoms. The smallest absolute Gasteiger partial charge is 0.416 e. The number of benzene rings is 1. The fraction of sp³-hybridized carbons (Fsp3) is 0.182.